The van der Waals surface area contributed by atoms with E-state index >= 15 is 0 Å². The van der Waals surface area contributed by atoms with Crippen molar-refractivity contribution in [3.05, 3.63) is 30.1 Å². The molecule has 1 saturated heterocycles. The lowest BCUT2D eigenvalue weighted by Gasteiger charge is -2.38. The summed E-state index contributed by atoms with van der Waals surface area (Å²) in [5, 5.41) is 0. The molecule has 0 aliphatic carbocycles. The van der Waals surface area contributed by atoms with Gasteiger partial charge in [-0.3, -0.25) is 0 Å². The fourth-order valence-corrected chi connectivity index (χ4v) is 1.73. The normalized spacial score (nSPS) is 16.1. The van der Waals surface area contributed by atoms with Gasteiger partial charge >= 0.3 is 0 Å². The molecule has 4 heteroatoms. The van der Waals surface area contributed by atoms with Gasteiger partial charge in [0.05, 0.1) is 24.9 Å². The molecular formula is C11H15FN2O. The van der Waals surface area contributed by atoms with E-state index in [1.54, 1.807) is 12.1 Å². The molecule has 0 amide bonds. The van der Waals surface area contributed by atoms with Crippen molar-refractivity contribution in [2.75, 3.05) is 31.2 Å². The second kappa shape index (κ2) is 4.59. The number of halogens is 1. The highest BCUT2D eigenvalue weighted by molar-refractivity contribution is 5.49. The van der Waals surface area contributed by atoms with Gasteiger partial charge < -0.3 is 15.4 Å². The number of hydrogen-bond acceptors (Lipinski definition) is 3. The van der Waals surface area contributed by atoms with Crippen molar-refractivity contribution in [1.82, 2.24) is 0 Å². The van der Waals surface area contributed by atoms with Crippen molar-refractivity contribution in [3.63, 3.8) is 0 Å². The molecule has 0 bridgehead atoms. The minimum atomic E-state index is -0.196. The van der Waals surface area contributed by atoms with Crippen LogP contribution in [0, 0.1) is 5.82 Å². The summed E-state index contributed by atoms with van der Waals surface area (Å²) < 4.78 is 18.7. The number of rotatable bonds is 4. The monoisotopic (exact) mass is 210 g/mol. The van der Waals surface area contributed by atoms with Gasteiger partial charge in [-0.05, 0) is 12.1 Å². The molecule has 0 radical (unpaired) electrons. The van der Waals surface area contributed by atoms with E-state index in [2.05, 4.69) is 0 Å². The third-order valence-electron chi connectivity index (χ3n) is 2.59. The van der Waals surface area contributed by atoms with Crippen molar-refractivity contribution >= 4 is 5.69 Å². The van der Waals surface area contributed by atoms with Crippen molar-refractivity contribution in [1.29, 1.82) is 0 Å². The first-order chi connectivity index (χ1) is 7.33. The summed E-state index contributed by atoms with van der Waals surface area (Å²) in [5.74, 6) is -0.196. The Morgan fingerprint density at radius 2 is 2.13 bits per heavy atom. The molecule has 0 atom stereocenters. The standard InChI is InChI=1S/C11H15FN2O/c12-10-3-1-2-4-11(10)14(6-5-13)9-7-15-8-9/h1-4,9H,5-8,13H2. The molecule has 1 aromatic carbocycles. The van der Waals surface area contributed by atoms with Crippen LogP contribution in [0.2, 0.25) is 0 Å². The predicted molar refractivity (Wildman–Crippen MR) is 57.4 cm³/mol. The average Bonchev–Trinajstić information content (AvgIpc) is 2.15. The van der Waals surface area contributed by atoms with Crippen LogP contribution in [0.5, 0.6) is 0 Å². The zero-order valence-electron chi connectivity index (χ0n) is 8.53. The maximum Gasteiger partial charge on any atom is 0.146 e. The number of anilines is 1. The molecule has 1 aliphatic rings. The van der Waals surface area contributed by atoms with Gasteiger partial charge in [0.1, 0.15) is 5.82 Å². The van der Waals surface area contributed by atoms with Crippen LogP contribution in [0.25, 0.3) is 0 Å². The maximum atomic E-state index is 13.6. The summed E-state index contributed by atoms with van der Waals surface area (Å²) in [6.45, 7) is 2.50. The Morgan fingerprint density at radius 3 is 2.67 bits per heavy atom. The summed E-state index contributed by atoms with van der Waals surface area (Å²) in [5.41, 5.74) is 6.15. The molecule has 0 unspecified atom stereocenters. The molecule has 15 heavy (non-hydrogen) atoms. The number of para-hydroxylation sites is 1. The van der Waals surface area contributed by atoms with Gasteiger partial charge in [0.25, 0.3) is 0 Å². The largest absolute Gasteiger partial charge is 0.377 e. The van der Waals surface area contributed by atoms with E-state index in [1.807, 2.05) is 11.0 Å². The average molecular weight is 210 g/mol. The lowest BCUT2D eigenvalue weighted by atomic mass is 10.1. The molecular weight excluding hydrogens is 195 g/mol. The zero-order chi connectivity index (χ0) is 10.7. The van der Waals surface area contributed by atoms with Crippen LogP contribution in [-0.4, -0.2) is 32.3 Å². The third kappa shape index (κ3) is 2.11. The molecule has 1 fully saturated rings. The second-order valence-electron chi connectivity index (χ2n) is 3.62. The molecule has 82 valence electrons. The molecule has 2 N–H and O–H groups in total. The van der Waals surface area contributed by atoms with E-state index in [4.69, 9.17) is 10.5 Å². The van der Waals surface area contributed by atoms with Crippen molar-refractivity contribution in [3.8, 4) is 0 Å². The van der Waals surface area contributed by atoms with Crippen molar-refractivity contribution < 1.29 is 9.13 Å². The third-order valence-corrected chi connectivity index (χ3v) is 2.59. The SMILES string of the molecule is NCCN(c1ccccc1F)C1COC1. The zero-order valence-corrected chi connectivity index (χ0v) is 8.53. The number of benzene rings is 1. The highest BCUT2D eigenvalue weighted by atomic mass is 19.1. The first-order valence-corrected chi connectivity index (χ1v) is 5.12. The number of hydrogen-bond donors (Lipinski definition) is 1. The highest BCUT2D eigenvalue weighted by Crippen LogP contribution is 2.23. The summed E-state index contributed by atoms with van der Waals surface area (Å²) in [7, 11) is 0. The van der Waals surface area contributed by atoms with E-state index in [1.165, 1.54) is 6.07 Å². The molecule has 1 aromatic rings. The minimum Gasteiger partial charge on any atom is -0.377 e. The topological polar surface area (TPSA) is 38.5 Å². The number of nitrogens with zero attached hydrogens (tertiary/aromatic N) is 1. The Labute approximate surface area is 88.6 Å². The van der Waals surface area contributed by atoms with Gasteiger partial charge in [0, 0.05) is 13.1 Å². The van der Waals surface area contributed by atoms with Gasteiger partial charge in [0.2, 0.25) is 0 Å². The van der Waals surface area contributed by atoms with E-state index in [0.717, 1.165) is 0 Å². The van der Waals surface area contributed by atoms with Crippen LogP contribution in [0.1, 0.15) is 0 Å². The van der Waals surface area contributed by atoms with Gasteiger partial charge in [-0.1, -0.05) is 12.1 Å². The lowest BCUT2D eigenvalue weighted by Crippen LogP contribution is -2.51. The quantitative estimate of drug-likeness (QED) is 0.805. The Balaban J connectivity index is 2.19. The summed E-state index contributed by atoms with van der Waals surface area (Å²) >= 11 is 0. The van der Waals surface area contributed by atoms with Gasteiger partial charge in [-0.15, -0.1) is 0 Å². The minimum absolute atomic E-state index is 0.196. The number of nitrogens with two attached hydrogens (primary N) is 1. The smallest absolute Gasteiger partial charge is 0.146 e. The molecule has 2 rings (SSSR count). The fourth-order valence-electron chi connectivity index (χ4n) is 1.73. The van der Waals surface area contributed by atoms with Crippen LogP contribution in [0.15, 0.2) is 24.3 Å². The van der Waals surface area contributed by atoms with Crippen LogP contribution in [0.3, 0.4) is 0 Å². The Morgan fingerprint density at radius 1 is 1.40 bits per heavy atom. The van der Waals surface area contributed by atoms with Crippen molar-refractivity contribution in [2.24, 2.45) is 5.73 Å². The van der Waals surface area contributed by atoms with E-state index in [-0.39, 0.29) is 11.9 Å². The Bertz CT molecular complexity index is 328. The fraction of sp³-hybridized carbons (Fsp3) is 0.455. The van der Waals surface area contributed by atoms with E-state index < -0.39 is 0 Å². The Hall–Kier alpha value is -1.13. The van der Waals surface area contributed by atoms with Crippen molar-refractivity contribution in [2.45, 2.75) is 6.04 Å². The summed E-state index contributed by atoms with van der Waals surface area (Å²) in [6, 6.07) is 7.05. The second-order valence-corrected chi connectivity index (χ2v) is 3.62. The summed E-state index contributed by atoms with van der Waals surface area (Å²) in [4.78, 5) is 1.98. The van der Waals surface area contributed by atoms with Crippen LogP contribution in [-0.2, 0) is 4.74 Å². The van der Waals surface area contributed by atoms with Gasteiger partial charge in [0.15, 0.2) is 0 Å². The van der Waals surface area contributed by atoms with Gasteiger partial charge in [-0.2, -0.15) is 0 Å². The molecule has 0 saturated carbocycles. The molecule has 3 nitrogen and oxygen atoms in total. The predicted octanol–water partition coefficient (Wildman–Crippen LogP) is 0.990. The maximum absolute atomic E-state index is 13.6. The highest BCUT2D eigenvalue weighted by Gasteiger charge is 2.27. The first-order valence-electron chi connectivity index (χ1n) is 5.12. The lowest BCUT2D eigenvalue weighted by molar-refractivity contribution is 0.00810. The van der Waals surface area contributed by atoms with Crippen LogP contribution < -0.4 is 10.6 Å². The molecule has 0 spiro atoms. The van der Waals surface area contributed by atoms with Crippen LogP contribution >= 0.6 is 0 Å². The van der Waals surface area contributed by atoms with E-state index in [9.17, 15) is 4.39 Å². The molecule has 0 aromatic heterocycles. The first kappa shape index (κ1) is 10.4. The van der Waals surface area contributed by atoms with Crippen LogP contribution in [0.4, 0.5) is 10.1 Å². The Kier molecular flexibility index (Phi) is 3.18. The molecule has 1 aliphatic heterocycles. The number of ether oxygens (including phenoxy) is 1. The molecule has 1 heterocycles. The summed E-state index contributed by atoms with van der Waals surface area (Å²) in [6.07, 6.45) is 0. The van der Waals surface area contributed by atoms with Gasteiger partial charge in [-0.25, -0.2) is 4.39 Å². The van der Waals surface area contributed by atoms with E-state index in [0.29, 0.717) is 32.0 Å².